The number of nitrogens with zero attached hydrogens (tertiary/aromatic N) is 1. The van der Waals surface area contributed by atoms with Crippen LogP contribution >= 0.6 is 0 Å². The van der Waals surface area contributed by atoms with Gasteiger partial charge < -0.3 is 20.3 Å². The van der Waals surface area contributed by atoms with Crippen molar-refractivity contribution in [3.05, 3.63) is 35.4 Å². The maximum Gasteiger partial charge on any atom is 0.408 e. The van der Waals surface area contributed by atoms with Gasteiger partial charge in [0.1, 0.15) is 17.7 Å². The zero-order valence-corrected chi connectivity index (χ0v) is 20.4. The van der Waals surface area contributed by atoms with Crippen LogP contribution in [0.1, 0.15) is 72.6 Å². The fourth-order valence-corrected chi connectivity index (χ4v) is 3.27. The smallest absolute Gasteiger partial charge is 0.408 e. The average molecular weight is 434 g/mol. The number of carbonyl (C=O) groups is 3. The number of likely N-dealkylation sites (N-methyl/N-ethyl adjacent to an activating group) is 1. The molecule has 0 bridgehead atoms. The number of alkyl carbamates (subject to hydrolysis) is 1. The first-order valence-corrected chi connectivity index (χ1v) is 10.9. The van der Waals surface area contributed by atoms with Gasteiger partial charge in [-0.3, -0.25) is 9.59 Å². The molecule has 0 heterocycles. The van der Waals surface area contributed by atoms with Gasteiger partial charge in [-0.25, -0.2) is 4.79 Å². The summed E-state index contributed by atoms with van der Waals surface area (Å²) in [6.07, 6.45) is -0.658. The van der Waals surface area contributed by atoms with E-state index in [1.54, 1.807) is 20.8 Å². The Morgan fingerprint density at radius 2 is 1.68 bits per heavy atom. The van der Waals surface area contributed by atoms with Crippen LogP contribution in [0.2, 0.25) is 0 Å². The third-order valence-corrected chi connectivity index (χ3v) is 4.58. The number of nitrogens with one attached hydrogen (secondary N) is 2. The van der Waals surface area contributed by atoms with E-state index in [1.807, 2.05) is 65.8 Å². The molecule has 0 fully saturated rings. The largest absolute Gasteiger partial charge is 0.444 e. The summed E-state index contributed by atoms with van der Waals surface area (Å²) in [5, 5.41) is 5.63. The summed E-state index contributed by atoms with van der Waals surface area (Å²) >= 11 is 0. The van der Waals surface area contributed by atoms with Crippen LogP contribution in [0, 0.1) is 12.8 Å². The molecule has 2 N–H and O–H groups in total. The molecule has 1 aromatic rings. The van der Waals surface area contributed by atoms with Crippen molar-refractivity contribution in [2.45, 2.75) is 86.0 Å². The Morgan fingerprint density at radius 3 is 2.13 bits per heavy atom. The van der Waals surface area contributed by atoms with Crippen molar-refractivity contribution < 1.29 is 19.1 Å². The number of ether oxygens (including phenoxy) is 1. The van der Waals surface area contributed by atoms with Gasteiger partial charge in [-0.2, -0.15) is 0 Å². The van der Waals surface area contributed by atoms with E-state index in [1.165, 1.54) is 4.90 Å². The summed E-state index contributed by atoms with van der Waals surface area (Å²) < 4.78 is 5.34. The highest BCUT2D eigenvalue weighted by Gasteiger charge is 2.36. The van der Waals surface area contributed by atoms with Crippen molar-refractivity contribution in [3.8, 4) is 0 Å². The van der Waals surface area contributed by atoms with Gasteiger partial charge in [0.25, 0.3) is 0 Å². The van der Waals surface area contributed by atoms with Gasteiger partial charge in [0.15, 0.2) is 0 Å². The molecular formula is C24H39N3O4. The lowest BCUT2D eigenvalue weighted by Crippen LogP contribution is -2.55. The second-order valence-corrected chi connectivity index (χ2v) is 9.47. The van der Waals surface area contributed by atoms with Crippen LogP contribution in [-0.4, -0.2) is 47.0 Å². The summed E-state index contributed by atoms with van der Waals surface area (Å²) in [7, 11) is 0. The monoisotopic (exact) mass is 433 g/mol. The highest BCUT2D eigenvalue weighted by molar-refractivity contribution is 5.92. The van der Waals surface area contributed by atoms with E-state index in [2.05, 4.69) is 10.6 Å². The molecule has 0 saturated heterocycles. The Balaban J connectivity index is 3.31. The van der Waals surface area contributed by atoms with Crippen molar-refractivity contribution in [3.63, 3.8) is 0 Å². The fraction of sp³-hybridized carbons (Fsp3) is 0.625. The highest BCUT2D eigenvalue weighted by atomic mass is 16.6. The van der Waals surface area contributed by atoms with Gasteiger partial charge in [0, 0.05) is 12.6 Å². The lowest BCUT2D eigenvalue weighted by atomic mass is 9.98. The SMILES string of the molecule is CCN(C(=O)C(NC(=O)OC(C)(C)C)C(C)C)C(C(=O)NC(C)C)c1cccc(C)c1. The minimum Gasteiger partial charge on any atom is -0.444 e. The van der Waals surface area contributed by atoms with E-state index >= 15 is 0 Å². The molecule has 7 nitrogen and oxygen atoms in total. The maximum atomic E-state index is 13.6. The summed E-state index contributed by atoms with van der Waals surface area (Å²) in [5.74, 6) is -0.773. The predicted molar refractivity (Wildman–Crippen MR) is 123 cm³/mol. The second kappa shape index (κ2) is 11.2. The minimum atomic E-state index is -0.825. The summed E-state index contributed by atoms with van der Waals surface area (Å²) in [6, 6.07) is 5.87. The average Bonchev–Trinajstić information content (AvgIpc) is 2.61. The first kappa shape index (κ1) is 26.5. The first-order valence-electron chi connectivity index (χ1n) is 10.9. The molecule has 0 aliphatic heterocycles. The van der Waals surface area contributed by atoms with Crippen LogP contribution in [0.15, 0.2) is 24.3 Å². The summed E-state index contributed by atoms with van der Waals surface area (Å²) in [6.45, 7) is 16.8. The van der Waals surface area contributed by atoms with Crippen LogP contribution in [0.4, 0.5) is 4.79 Å². The number of carbonyl (C=O) groups excluding carboxylic acids is 3. The van der Waals surface area contributed by atoms with Gasteiger partial charge in [0.05, 0.1) is 0 Å². The maximum absolute atomic E-state index is 13.6. The Kier molecular flexibility index (Phi) is 9.53. The highest BCUT2D eigenvalue weighted by Crippen LogP contribution is 2.24. The van der Waals surface area contributed by atoms with Crippen molar-refractivity contribution in [1.82, 2.24) is 15.5 Å². The molecule has 31 heavy (non-hydrogen) atoms. The predicted octanol–water partition coefficient (Wildman–Crippen LogP) is 3.96. The van der Waals surface area contributed by atoms with Crippen LogP contribution < -0.4 is 10.6 Å². The van der Waals surface area contributed by atoms with E-state index in [0.29, 0.717) is 6.54 Å². The van der Waals surface area contributed by atoms with Crippen LogP contribution in [0.25, 0.3) is 0 Å². The number of benzene rings is 1. The third kappa shape index (κ3) is 8.23. The number of aryl methyl sites for hydroxylation is 1. The Labute approximate surface area is 186 Å². The quantitative estimate of drug-likeness (QED) is 0.650. The van der Waals surface area contributed by atoms with Crippen LogP contribution in [-0.2, 0) is 14.3 Å². The molecule has 0 aromatic heterocycles. The lowest BCUT2D eigenvalue weighted by molar-refractivity contribution is -0.143. The molecule has 2 unspecified atom stereocenters. The Bertz CT molecular complexity index is 768. The number of hydrogen-bond acceptors (Lipinski definition) is 4. The normalized spacial score (nSPS) is 13.5. The number of hydrogen-bond donors (Lipinski definition) is 2. The first-order chi connectivity index (χ1) is 14.3. The van der Waals surface area contributed by atoms with Crippen LogP contribution in [0.3, 0.4) is 0 Å². The minimum absolute atomic E-state index is 0.0746. The van der Waals surface area contributed by atoms with Gasteiger partial charge in [0.2, 0.25) is 11.8 Å². The fourth-order valence-electron chi connectivity index (χ4n) is 3.27. The van der Waals surface area contributed by atoms with E-state index < -0.39 is 23.8 Å². The zero-order valence-electron chi connectivity index (χ0n) is 20.4. The van der Waals surface area contributed by atoms with Crippen molar-refractivity contribution in [2.75, 3.05) is 6.54 Å². The molecule has 1 rings (SSSR count). The molecular weight excluding hydrogens is 394 g/mol. The number of amides is 3. The second-order valence-electron chi connectivity index (χ2n) is 9.47. The molecule has 0 radical (unpaired) electrons. The molecule has 174 valence electrons. The Morgan fingerprint density at radius 1 is 1.06 bits per heavy atom. The van der Waals surface area contributed by atoms with Gasteiger partial charge in [-0.05, 0) is 59.9 Å². The summed E-state index contributed by atoms with van der Waals surface area (Å²) in [4.78, 5) is 40.6. The van der Waals surface area contributed by atoms with E-state index in [-0.39, 0.29) is 23.8 Å². The third-order valence-electron chi connectivity index (χ3n) is 4.58. The van der Waals surface area contributed by atoms with Gasteiger partial charge >= 0.3 is 6.09 Å². The van der Waals surface area contributed by atoms with Crippen LogP contribution in [0.5, 0.6) is 0 Å². The van der Waals surface area contributed by atoms with Gasteiger partial charge in [-0.1, -0.05) is 43.7 Å². The number of rotatable bonds is 8. The van der Waals surface area contributed by atoms with E-state index in [9.17, 15) is 14.4 Å². The van der Waals surface area contributed by atoms with Crippen molar-refractivity contribution in [2.24, 2.45) is 5.92 Å². The summed E-state index contributed by atoms with van der Waals surface area (Å²) in [5.41, 5.74) is 1.05. The molecule has 2 atom stereocenters. The zero-order chi connectivity index (χ0) is 23.9. The molecule has 0 saturated carbocycles. The molecule has 1 aromatic carbocycles. The topological polar surface area (TPSA) is 87.7 Å². The molecule has 3 amide bonds. The van der Waals surface area contributed by atoms with E-state index in [4.69, 9.17) is 4.74 Å². The molecule has 0 aliphatic rings. The van der Waals surface area contributed by atoms with E-state index in [0.717, 1.165) is 11.1 Å². The van der Waals surface area contributed by atoms with Crippen molar-refractivity contribution >= 4 is 17.9 Å². The molecule has 0 spiro atoms. The molecule has 0 aliphatic carbocycles. The van der Waals surface area contributed by atoms with Gasteiger partial charge in [-0.15, -0.1) is 0 Å². The standard InChI is InChI=1S/C24H39N3O4/c1-10-27(22(29)19(15(2)3)26-23(30)31-24(7,8)9)20(21(28)25-16(4)5)18-13-11-12-17(6)14-18/h11-16,19-20H,10H2,1-9H3,(H,25,28)(H,26,30). The lowest BCUT2D eigenvalue weighted by Gasteiger charge is -2.35. The molecule has 7 heteroatoms. The van der Waals surface area contributed by atoms with Crippen molar-refractivity contribution in [1.29, 1.82) is 0 Å². The Hall–Kier alpha value is -2.57.